The molecule has 0 saturated heterocycles. The standard InChI is InChI=1S/C7H5NO2S/c9-8(10)7-3-6-2-1-5(7)4-11-6/h1-3H,4H2. The quantitative estimate of drug-likeness (QED) is 0.475. The van der Waals surface area contributed by atoms with Gasteiger partial charge in [-0.3, -0.25) is 10.1 Å². The van der Waals surface area contributed by atoms with Gasteiger partial charge in [-0.1, -0.05) is 6.07 Å². The van der Waals surface area contributed by atoms with Crippen molar-refractivity contribution in [2.75, 3.05) is 0 Å². The van der Waals surface area contributed by atoms with Crippen LogP contribution in [-0.4, -0.2) is 4.92 Å². The first-order chi connectivity index (χ1) is 5.27. The van der Waals surface area contributed by atoms with E-state index in [2.05, 4.69) is 0 Å². The molecule has 0 N–H and O–H groups in total. The lowest BCUT2D eigenvalue weighted by molar-refractivity contribution is -0.385. The van der Waals surface area contributed by atoms with Gasteiger partial charge in [0.15, 0.2) is 0 Å². The molecule has 4 heteroatoms. The lowest BCUT2D eigenvalue weighted by atomic mass is 10.2. The van der Waals surface area contributed by atoms with Crippen molar-refractivity contribution in [2.24, 2.45) is 0 Å². The molecule has 0 saturated carbocycles. The van der Waals surface area contributed by atoms with Crippen molar-refractivity contribution in [3.63, 3.8) is 0 Å². The molecule has 0 aromatic heterocycles. The monoisotopic (exact) mass is 167 g/mol. The van der Waals surface area contributed by atoms with Crippen molar-refractivity contribution in [2.45, 2.75) is 10.6 Å². The summed E-state index contributed by atoms with van der Waals surface area (Å²) in [5.41, 5.74) is 1.09. The van der Waals surface area contributed by atoms with E-state index in [1.54, 1.807) is 17.8 Å². The van der Waals surface area contributed by atoms with Crippen LogP contribution in [0.15, 0.2) is 23.1 Å². The van der Waals surface area contributed by atoms with E-state index in [4.69, 9.17) is 0 Å². The third-order valence-corrected chi connectivity index (χ3v) is 2.69. The number of fused-ring (bicyclic) bond motifs is 3. The van der Waals surface area contributed by atoms with Crippen molar-refractivity contribution in [1.82, 2.24) is 0 Å². The Morgan fingerprint density at radius 3 is 2.64 bits per heavy atom. The van der Waals surface area contributed by atoms with Crippen LogP contribution in [0.4, 0.5) is 5.69 Å². The molecular weight excluding hydrogens is 162 g/mol. The lowest BCUT2D eigenvalue weighted by Crippen LogP contribution is -1.98. The minimum atomic E-state index is -0.321. The number of nitrogens with zero attached hydrogens (tertiary/aromatic N) is 1. The fourth-order valence-electron chi connectivity index (χ4n) is 1.09. The molecule has 2 bridgehead atoms. The molecule has 11 heavy (non-hydrogen) atoms. The number of hydrogen-bond acceptors (Lipinski definition) is 3. The van der Waals surface area contributed by atoms with E-state index >= 15 is 0 Å². The van der Waals surface area contributed by atoms with E-state index in [1.807, 2.05) is 12.1 Å². The summed E-state index contributed by atoms with van der Waals surface area (Å²) in [6.45, 7) is 0. The van der Waals surface area contributed by atoms with E-state index < -0.39 is 0 Å². The first kappa shape index (κ1) is 6.67. The van der Waals surface area contributed by atoms with Gasteiger partial charge in [0.2, 0.25) is 0 Å². The summed E-state index contributed by atoms with van der Waals surface area (Å²) < 4.78 is 0. The summed E-state index contributed by atoms with van der Waals surface area (Å²) in [6, 6.07) is 5.37. The predicted octanol–water partition coefficient (Wildman–Crippen LogP) is 2.20. The second-order valence-electron chi connectivity index (χ2n) is 2.34. The van der Waals surface area contributed by atoms with Gasteiger partial charge >= 0.3 is 0 Å². The average molecular weight is 167 g/mol. The molecule has 2 aliphatic rings. The first-order valence-corrected chi connectivity index (χ1v) is 4.16. The minimum absolute atomic E-state index is 0.265. The molecule has 2 aliphatic heterocycles. The SMILES string of the molecule is O=[N+]([O-])c1cc2ccc1CS2. The Kier molecular flexibility index (Phi) is 1.35. The van der Waals surface area contributed by atoms with E-state index in [1.165, 1.54) is 0 Å². The van der Waals surface area contributed by atoms with Crippen molar-refractivity contribution in [1.29, 1.82) is 0 Å². The first-order valence-electron chi connectivity index (χ1n) is 3.17. The zero-order chi connectivity index (χ0) is 7.84. The van der Waals surface area contributed by atoms with Crippen LogP contribution in [0.5, 0.6) is 0 Å². The lowest BCUT2D eigenvalue weighted by Gasteiger charge is -2.10. The summed E-state index contributed by atoms with van der Waals surface area (Å²) in [5.74, 6) is 0.749. The maximum absolute atomic E-state index is 10.4. The molecule has 0 aliphatic carbocycles. The van der Waals surface area contributed by atoms with E-state index in [0.717, 1.165) is 16.2 Å². The van der Waals surface area contributed by atoms with Gasteiger partial charge < -0.3 is 0 Å². The molecule has 1 aromatic rings. The topological polar surface area (TPSA) is 43.1 Å². The third kappa shape index (κ3) is 0.991. The minimum Gasteiger partial charge on any atom is -0.258 e. The normalized spacial score (nSPS) is 13.5. The Bertz CT molecular complexity index is 324. The molecule has 1 aromatic carbocycles. The summed E-state index contributed by atoms with van der Waals surface area (Å²) in [7, 11) is 0. The Balaban J connectivity index is 2.60. The summed E-state index contributed by atoms with van der Waals surface area (Å²) >= 11 is 1.65. The number of hydrogen-bond donors (Lipinski definition) is 0. The number of nitro groups is 1. The van der Waals surface area contributed by atoms with Crippen LogP contribution >= 0.6 is 11.8 Å². The van der Waals surface area contributed by atoms with Gasteiger partial charge in [0.05, 0.1) is 4.92 Å². The zero-order valence-electron chi connectivity index (χ0n) is 5.61. The second kappa shape index (κ2) is 2.23. The highest BCUT2D eigenvalue weighted by Gasteiger charge is 2.19. The fraction of sp³-hybridized carbons (Fsp3) is 0.143. The molecule has 0 spiro atoms. The van der Waals surface area contributed by atoms with Gasteiger partial charge in [0.1, 0.15) is 0 Å². The van der Waals surface area contributed by atoms with Crippen molar-refractivity contribution in [3.05, 3.63) is 33.9 Å². The Labute approximate surface area is 67.6 Å². The van der Waals surface area contributed by atoms with Gasteiger partial charge in [-0.05, 0) is 6.07 Å². The van der Waals surface area contributed by atoms with Crippen LogP contribution in [0.25, 0.3) is 0 Å². The van der Waals surface area contributed by atoms with Crippen LogP contribution in [0.3, 0.4) is 0 Å². The van der Waals surface area contributed by atoms with Crippen LogP contribution in [0.2, 0.25) is 0 Å². The molecular formula is C7H5NO2S. The van der Waals surface area contributed by atoms with Crippen molar-refractivity contribution < 1.29 is 4.92 Å². The zero-order valence-corrected chi connectivity index (χ0v) is 6.43. The Morgan fingerprint density at radius 2 is 2.36 bits per heavy atom. The third-order valence-electron chi connectivity index (χ3n) is 1.65. The van der Waals surface area contributed by atoms with Crippen LogP contribution in [0.1, 0.15) is 5.56 Å². The summed E-state index contributed by atoms with van der Waals surface area (Å²) in [4.78, 5) is 11.1. The molecule has 0 amide bonds. The molecule has 0 unspecified atom stereocenters. The van der Waals surface area contributed by atoms with Gasteiger partial charge in [0.25, 0.3) is 5.69 Å². The van der Waals surface area contributed by atoms with E-state index in [9.17, 15) is 10.1 Å². The summed E-state index contributed by atoms with van der Waals surface area (Å²) in [6.07, 6.45) is 0. The molecule has 3 nitrogen and oxygen atoms in total. The van der Waals surface area contributed by atoms with Gasteiger partial charge in [0, 0.05) is 22.3 Å². The number of nitro benzene ring substituents is 1. The molecule has 56 valence electrons. The van der Waals surface area contributed by atoms with Gasteiger partial charge in [-0.2, -0.15) is 0 Å². The van der Waals surface area contributed by atoms with Crippen molar-refractivity contribution in [3.8, 4) is 0 Å². The van der Waals surface area contributed by atoms with E-state index in [-0.39, 0.29) is 10.6 Å². The molecule has 2 heterocycles. The maximum atomic E-state index is 10.4. The summed E-state index contributed by atoms with van der Waals surface area (Å²) in [5, 5.41) is 10.4. The van der Waals surface area contributed by atoms with Gasteiger partial charge in [-0.25, -0.2) is 0 Å². The maximum Gasteiger partial charge on any atom is 0.274 e. The Hall–Kier alpha value is -1.03. The number of benzene rings is 1. The molecule has 0 atom stereocenters. The van der Waals surface area contributed by atoms with Crippen molar-refractivity contribution >= 4 is 17.4 Å². The number of rotatable bonds is 1. The fourth-order valence-corrected chi connectivity index (χ4v) is 2.01. The highest BCUT2D eigenvalue weighted by molar-refractivity contribution is 7.98. The number of thioether (sulfide) groups is 1. The molecule has 0 fully saturated rings. The van der Waals surface area contributed by atoms with Crippen LogP contribution in [-0.2, 0) is 5.75 Å². The smallest absolute Gasteiger partial charge is 0.258 e. The van der Waals surface area contributed by atoms with Gasteiger partial charge in [-0.15, -0.1) is 11.8 Å². The molecule has 3 rings (SSSR count). The highest BCUT2D eigenvalue weighted by atomic mass is 32.2. The second-order valence-corrected chi connectivity index (χ2v) is 3.39. The van der Waals surface area contributed by atoms with Crippen LogP contribution < -0.4 is 0 Å². The van der Waals surface area contributed by atoms with Crippen LogP contribution in [0, 0.1) is 10.1 Å². The Morgan fingerprint density at radius 1 is 1.55 bits per heavy atom. The average Bonchev–Trinajstić information content (AvgIpc) is 2.06. The largest absolute Gasteiger partial charge is 0.274 e. The van der Waals surface area contributed by atoms with E-state index in [0.29, 0.717) is 0 Å². The predicted molar refractivity (Wildman–Crippen MR) is 42.7 cm³/mol. The molecule has 0 radical (unpaired) electrons. The highest BCUT2D eigenvalue weighted by Crippen LogP contribution is 2.36.